The minimum Gasteiger partial charge on any atom is -0.295 e. The lowest BCUT2D eigenvalue weighted by Crippen LogP contribution is -2.27. The Morgan fingerprint density at radius 2 is 1.76 bits per heavy atom. The van der Waals surface area contributed by atoms with Crippen molar-refractivity contribution in [3.05, 3.63) is 82.8 Å². The Morgan fingerprint density at radius 3 is 2.40 bits per heavy atom. The number of carbonyl (C=O) groups excluding carboxylic acids is 2. The molecule has 0 atom stereocenters. The molecule has 2 aromatic carbocycles. The first-order valence-electron chi connectivity index (χ1n) is 7.67. The minimum absolute atomic E-state index is 0.0112. The summed E-state index contributed by atoms with van der Waals surface area (Å²) in [7, 11) is 0. The smallest absolute Gasteiger partial charge is 0.270 e. The van der Waals surface area contributed by atoms with Crippen molar-refractivity contribution in [2.75, 3.05) is 4.90 Å². The van der Waals surface area contributed by atoms with Crippen LogP contribution in [0.15, 0.2) is 71.7 Å². The van der Waals surface area contributed by atoms with Gasteiger partial charge >= 0.3 is 0 Å². The average molecular weight is 365 g/mol. The zero-order valence-corrected chi connectivity index (χ0v) is 15.1. The number of anilines is 1. The summed E-state index contributed by atoms with van der Waals surface area (Å²) in [4.78, 5) is 26.1. The van der Waals surface area contributed by atoms with Gasteiger partial charge in [0.05, 0.1) is 10.6 Å². The van der Waals surface area contributed by atoms with Crippen LogP contribution >= 0.6 is 24.0 Å². The molecule has 0 unspecified atom stereocenters. The molecule has 124 valence electrons. The van der Waals surface area contributed by atoms with Crippen molar-refractivity contribution in [1.29, 1.82) is 0 Å². The predicted molar refractivity (Wildman–Crippen MR) is 108 cm³/mol. The number of rotatable bonds is 4. The van der Waals surface area contributed by atoms with Crippen LogP contribution in [0, 0.1) is 0 Å². The third-order valence-electron chi connectivity index (χ3n) is 3.66. The molecule has 1 saturated heterocycles. The Bertz CT molecular complexity index is 884. The summed E-state index contributed by atoms with van der Waals surface area (Å²) < 4.78 is 0.486. The zero-order valence-electron chi connectivity index (χ0n) is 13.5. The molecule has 0 aliphatic carbocycles. The summed E-state index contributed by atoms with van der Waals surface area (Å²) in [6.45, 7) is 1.51. The second-order valence-corrected chi connectivity index (χ2v) is 7.09. The van der Waals surface area contributed by atoms with Crippen molar-refractivity contribution in [2.24, 2.45) is 0 Å². The van der Waals surface area contributed by atoms with E-state index >= 15 is 0 Å². The SMILES string of the molecule is CC(=O)c1ccc(N2C(=O)C(=CC=Cc3ccccc3)SC2=S)cc1. The molecule has 2 aromatic rings. The van der Waals surface area contributed by atoms with E-state index < -0.39 is 0 Å². The number of thioether (sulfide) groups is 1. The number of thiocarbonyl (C=S) groups is 1. The van der Waals surface area contributed by atoms with Gasteiger partial charge in [-0.05, 0) is 42.8 Å². The predicted octanol–water partition coefficient (Wildman–Crippen LogP) is 4.85. The monoisotopic (exact) mass is 365 g/mol. The number of hydrogen-bond acceptors (Lipinski definition) is 4. The first-order valence-corrected chi connectivity index (χ1v) is 8.89. The summed E-state index contributed by atoms with van der Waals surface area (Å²) in [5.41, 5.74) is 2.34. The Balaban J connectivity index is 1.79. The normalized spacial score (nSPS) is 16.2. The summed E-state index contributed by atoms with van der Waals surface area (Å²) in [5, 5.41) is 0. The van der Waals surface area contributed by atoms with Gasteiger partial charge in [-0.2, -0.15) is 0 Å². The van der Waals surface area contributed by atoms with Crippen molar-refractivity contribution < 1.29 is 9.59 Å². The number of ketones is 1. The maximum absolute atomic E-state index is 12.6. The largest absolute Gasteiger partial charge is 0.295 e. The number of hydrogen-bond donors (Lipinski definition) is 0. The number of allylic oxidation sites excluding steroid dienone is 2. The highest BCUT2D eigenvalue weighted by atomic mass is 32.2. The standard InChI is InChI=1S/C20H15NO2S2/c1-14(22)16-10-12-17(13-11-16)21-19(23)18(25-20(21)24)9-5-8-15-6-3-2-4-7-15/h2-13H,1H3. The Hall–Kier alpha value is -2.50. The Kier molecular flexibility index (Phi) is 5.26. The van der Waals surface area contributed by atoms with Gasteiger partial charge in [-0.15, -0.1) is 0 Å². The van der Waals surface area contributed by atoms with Gasteiger partial charge in [-0.25, -0.2) is 0 Å². The summed E-state index contributed by atoms with van der Waals surface area (Å²) >= 11 is 6.61. The van der Waals surface area contributed by atoms with E-state index in [0.717, 1.165) is 5.56 Å². The van der Waals surface area contributed by atoms with Crippen molar-refractivity contribution >= 4 is 51.8 Å². The van der Waals surface area contributed by atoms with Crippen LogP contribution in [0.3, 0.4) is 0 Å². The van der Waals surface area contributed by atoms with E-state index in [4.69, 9.17) is 12.2 Å². The molecule has 0 spiro atoms. The highest BCUT2D eigenvalue weighted by Gasteiger charge is 2.32. The van der Waals surface area contributed by atoms with Gasteiger partial charge in [-0.1, -0.05) is 66.5 Å². The molecule has 1 aliphatic rings. The number of carbonyl (C=O) groups is 2. The molecule has 1 fully saturated rings. The maximum Gasteiger partial charge on any atom is 0.270 e. The van der Waals surface area contributed by atoms with Crippen molar-refractivity contribution in [3.63, 3.8) is 0 Å². The fourth-order valence-corrected chi connectivity index (χ4v) is 3.61. The molecule has 0 saturated carbocycles. The molecule has 0 N–H and O–H groups in total. The average Bonchev–Trinajstić information content (AvgIpc) is 2.90. The van der Waals surface area contributed by atoms with Gasteiger partial charge in [0.15, 0.2) is 10.1 Å². The van der Waals surface area contributed by atoms with Crippen LogP contribution in [-0.4, -0.2) is 16.0 Å². The number of Topliss-reactive ketones (excluding diaryl/α,β-unsaturated/α-hetero) is 1. The summed E-state index contributed by atoms with van der Waals surface area (Å²) in [6, 6.07) is 16.8. The third-order valence-corrected chi connectivity index (χ3v) is 4.98. The second-order valence-electron chi connectivity index (χ2n) is 5.41. The topological polar surface area (TPSA) is 37.4 Å². The van der Waals surface area contributed by atoms with Crippen molar-refractivity contribution in [2.45, 2.75) is 6.92 Å². The van der Waals surface area contributed by atoms with E-state index in [2.05, 4.69) is 0 Å². The van der Waals surface area contributed by atoms with Crippen LogP contribution in [0.25, 0.3) is 6.08 Å². The van der Waals surface area contributed by atoms with Gasteiger partial charge in [0.25, 0.3) is 5.91 Å². The third kappa shape index (κ3) is 3.95. The fraction of sp³-hybridized carbons (Fsp3) is 0.0500. The molecule has 25 heavy (non-hydrogen) atoms. The van der Waals surface area contributed by atoms with Gasteiger partial charge in [0.2, 0.25) is 0 Å². The number of nitrogens with zero attached hydrogens (tertiary/aromatic N) is 1. The van der Waals surface area contributed by atoms with E-state index in [1.54, 1.807) is 30.3 Å². The van der Waals surface area contributed by atoms with Crippen LogP contribution in [0.1, 0.15) is 22.8 Å². The molecule has 0 aromatic heterocycles. The van der Waals surface area contributed by atoms with Gasteiger partial charge in [0.1, 0.15) is 0 Å². The molecule has 5 heteroatoms. The lowest BCUT2D eigenvalue weighted by Gasteiger charge is -2.14. The first-order chi connectivity index (χ1) is 12.1. The summed E-state index contributed by atoms with van der Waals surface area (Å²) in [6.07, 6.45) is 5.56. The lowest BCUT2D eigenvalue weighted by molar-refractivity contribution is -0.113. The molecule has 1 amide bonds. The van der Waals surface area contributed by atoms with Crippen LogP contribution in [0.5, 0.6) is 0 Å². The van der Waals surface area contributed by atoms with E-state index in [-0.39, 0.29) is 11.7 Å². The molecule has 0 radical (unpaired) electrons. The maximum atomic E-state index is 12.6. The van der Waals surface area contributed by atoms with E-state index in [1.165, 1.54) is 23.6 Å². The zero-order chi connectivity index (χ0) is 17.8. The highest BCUT2D eigenvalue weighted by Crippen LogP contribution is 2.35. The van der Waals surface area contributed by atoms with Crippen molar-refractivity contribution in [3.8, 4) is 0 Å². The second kappa shape index (κ2) is 7.59. The summed E-state index contributed by atoms with van der Waals surface area (Å²) in [5.74, 6) is -0.161. The van der Waals surface area contributed by atoms with Crippen LogP contribution in [0.2, 0.25) is 0 Å². The van der Waals surface area contributed by atoms with E-state index in [0.29, 0.717) is 20.5 Å². The van der Waals surface area contributed by atoms with Crippen LogP contribution in [0.4, 0.5) is 5.69 Å². The van der Waals surface area contributed by atoms with Gasteiger partial charge in [0, 0.05) is 5.56 Å². The van der Waals surface area contributed by atoms with E-state index in [9.17, 15) is 9.59 Å². The molecular weight excluding hydrogens is 350 g/mol. The quantitative estimate of drug-likeness (QED) is 0.441. The minimum atomic E-state index is -0.150. The molecule has 0 bridgehead atoms. The van der Waals surface area contributed by atoms with Gasteiger partial charge in [-0.3, -0.25) is 14.5 Å². The van der Waals surface area contributed by atoms with Crippen LogP contribution in [-0.2, 0) is 4.79 Å². The highest BCUT2D eigenvalue weighted by molar-refractivity contribution is 8.27. The molecule has 1 aliphatic heterocycles. The molecule has 3 nitrogen and oxygen atoms in total. The Labute approximate surface area is 156 Å². The molecule has 3 rings (SSSR count). The number of amides is 1. The lowest BCUT2D eigenvalue weighted by atomic mass is 10.1. The molecular formula is C20H15NO2S2. The van der Waals surface area contributed by atoms with Crippen molar-refractivity contribution in [1.82, 2.24) is 0 Å². The van der Waals surface area contributed by atoms with Crippen LogP contribution < -0.4 is 4.90 Å². The van der Waals surface area contributed by atoms with Gasteiger partial charge < -0.3 is 0 Å². The van der Waals surface area contributed by atoms with E-state index in [1.807, 2.05) is 42.5 Å². The molecule has 1 heterocycles. The fourth-order valence-electron chi connectivity index (χ4n) is 2.36. The number of benzene rings is 2. The first kappa shape index (κ1) is 17.3. The Morgan fingerprint density at radius 1 is 1.08 bits per heavy atom.